The van der Waals surface area contributed by atoms with Gasteiger partial charge in [0.05, 0.1) is 10.0 Å². The van der Waals surface area contributed by atoms with Crippen LogP contribution in [0, 0.1) is 0 Å². The first kappa shape index (κ1) is 16.4. The lowest BCUT2D eigenvalue weighted by Gasteiger charge is -2.19. The Balaban J connectivity index is 1.69. The second-order valence-electron chi connectivity index (χ2n) is 6.15. The van der Waals surface area contributed by atoms with Gasteiger partial charge in [-0.05, 0) is 37.8 Å². The third-order valence-corrected chi connectivity index (χ3v) is 5.19. The molecule has 0 bridgehead atoms. The van der Waals surface area contributed by atoms with E-state index in [4.69, 9.17) is 27.9 Å². The summed E-state index contributed by atoms with van der Waals surface area (Å²) in [5.74, 6) is 0.126. The maximum Gasteiger partial charge on any atom is 0.262 e. The molecule has 0 saturated heterocycles. The molecule has 1 aromatic carbocycles. The number of nitrogens with one attached hydrogen (secondary N) is 1. The molecule has 1 aromatic heterocycles. The molecule has 0 saturated carbocycles. The summed E-state index contributed by atoms with van der Waals surface area (Å²) < 4.78 is 6.00. The molecule has 4 rings (SSSR count). The molecule has 1 aliphatic heterocycles. The number of rotatable bonds is 2. The summed E-state index contributed by atoms with van der Waals surface area (Å²) in [5, 5.41) is 13.9. The number of nitrogens with zero attached hydrogens (tertiary/aromatic N) is 3. The largest absolute Gasteiger partial charge is 0.445 e. The van der Waals surface area contributed by atoms with E-state index < -0.39 is 6.23 Å². The van der Waals surface area contributed by atoms with Crippen LogP contribution in [0.15, 0.2) is 23.3 Å². The van der Waals surface area contributed by atoms with Crippen LogP contribution < -0.4 is 0 Å². The van der Waals surface area contributed by atoms with Crippen molar-refractivity contribution in [2.24, 2.45) is 5.10 Å². The highest BCUT2D eigenvalue weighted by atomic mass is 35.5. The van der Waals surface area contributed by atoms with Crippen LogP contribution in [0.1, 0.15) is 48.5 Å². The molecular formula is C17H16Cl2N4O2. The normalized spacial score (nSPS) is 19.4. The number of amides is 1. The predicted molar refractivity (Wildman–Crippen MR) is 94.6 cm³/mol. The van der Waals surface area contributed by atoms with E-state index in [-0.39, 0.29) is 5.91 Å². The van der Waals surface area contributed by atoms with E-state index >= 15 is 0 Å². The minimum absolute atomic E-state index is 0.226. The van der Waals surface area contributed by atoms with Crippen LogP contribution in [0.3, 0.4) is 0 Å². The van der Waals surface area contributed by atoms with Crippen LogP contribution in [0.5, 0.6) is 0 Å². The summed E-state index contributed by atoms with van der Waals surface area (Å²) in [6, 6.07) is 5.13. The Kier molecular flexibility index (Phi) is 4.17. The minimum atomic E-state index is -0.682. The van der Waals surface area contributed by atoms with Gasteiger partial charge in [-0.25, -0.2) is 0 Å². The van der Waals surface area contributed by atoms with Gasteiger partial charge >= 0.3 is 0 Å². The number of aromatic amines is 1. The van der Waals surface area contributed by atoms with Gasteiger partial charge in [-0.1, -0.05) is 29.3 Å². The molecule has 1 aliphatic carbocycles. The van der Waals surface area contributed by atoms with Gasteiger partial charge in [-0.15, -0.1) is 5.10 Å². The third kappa shape index (κ3) is 2.89. The number of hydrazone groups is 1. The van der Waals surface area contributed by atoms with Crippen molar-refractivity contribution in [3.8, 4) is 0 Å². The van der Waals surface area contributed by atoms with Crippen molar-refractivity contribution >= 4 is 35.0 Å². The molecular weight excluding hydrogens is 363 g/mol. The molecule has 0 unspecified atom stereocenters. The van der Waals surface area contributed by atoms with Gasteiger partial charge in [0.25, 0.3) is 5.90 Å². The molecule has 0 spiro atoms. The SMILES string of the molecule is CC(=O)N1N=C(c2n[nH]c3c2CCCC3)O[C@H]1c1ccc(Cl)c(Cl)c1. The van der Waals surface area contributed by atoms with E-state index in [1.807, 2.05) is 0 Å². The third-order valence-electron chi connectivity index (χ3n) is 4.45. The van der Waals surface area contributed by atoms with Gasteiger partial charge in [0, 0.05) is 23.7 Å². The molecule has 0 fully saturated rings. The fourth-order valence-corrected chi connectivity index (χ4v) is 3.51. The highest BCUT2D eigenvalue weighted by Crippen LogP contribution is 2.34. The molecule has 6 nitrogen and oxygen atoms in total. The Labute approximate surface area is 154 Å². The molecule has 2 aromatic rings. The van der Waals surface area contributed by atoms with Crippen molar-refractivity contribution in [2.75, 3.05) is 0 Å². The van der Waals surface area contributed by atoms with Gasteiger partial charge in [0.1, 0.15) is 0 Å². The average molecular weight is 379 g/mol. The van der Waals surface area contributed by atoms with Crippen molar-refractivity contribution in [1.29, 1.82) is 0 Å². The van der Waals surface area contributed by atoms with E-state index in [1.165, 1.54) is 11.9 Å². The predicted octanol–water partition coefficient (Wildman–Crippen LogP) is 3.83. The highest BCUT2D eigenvalue weighted by molar-refractivity contribution is 6.42. The maximum absolute atomic E-state index is 12.0. The van der Waals surface area contributed by atoms with E-state index in [2.05, 4.69) is 15.3 Å². The molecule has 8 heteroatoms. The van der Waals surface area contributed by atoms with Crippen LogP contribution in [0.25, 0.3) is 0 Å². The zero-order valence-electron chi connectivity index (χ0n) is 13.6. The van der Waals surface area contributed by atoms with Gasteiger partial charge < -0.3 is 4.74 Å². The van der Waals surface area contributed by atoms with Crippen LogP contribution in [-0.2, 0) is 22.4 Å². The number of halogens is 2. The van der Waals surface area contributed by atoms with Crippen LogP contribution >= 0.6 is 23.2 Å². The number of carbonyl (C=O) groups is 1. The maximum atomic E-state index is 12.0. The number of benzene rings is 1. The Morgan fingerprint density at radius 1 is 1.28 bits per heavy atom. The molecule has 1 N–H and O–H groups in total. The molecule has 1 amide bonds. The fraction of sp³-hybridized carbons (Fsp3) is 0.353. The Hall–Kier alpha value is -2.05. The van der Waals surface area contributed by atoms with Crippen molar-refractivity contribution in [3.63, 3.8) is 0 Å². The second-order valence-corrected chi connectivity index (χ2v) is 6.96. The van der Waals surface area contributed by atoms with E-state index in [0.717, 1.165) is 36.9 Å². The standard InChI is InChI=1S/C17H16Cl2N4O2/c1-9(24)23-17(10-6-7-12(18)13(19)8-10)25-16(22-23)15-11-4-2-3-5-14(11)20-21-15/h6-8,17H,2-5H2,1H3,(H,20,21)/t17-/m0/s1. The number of aryl methyl sites for hydroxylation is 1. The summed E-state index contributed by atoms with van der Waals surface area (Å²) in [6.45, 7) is 1.44. The zero-order valence-corrected chi connectivity index (χ0v) is 15.1. The van der Waals surface area contributed by atoms with Crippen molar-refractivity contribution in [1.82, 2.24) is 15.2 Å². The molecule has 130 valence electrons. The lowest BCUT2D eigenvalue weighted by Crippen LogP contribution is -2.25. The zero-order chi connectivity index (χ0) is 17.6. The number of aromatic nitrogens is 2. The summed E-state index contributed by atoms with van der Waals surface area (Å²) in [5.41, 5.74) is 3.64. The number of hydrogen-bond donors (Lipinski definition) is 1. The fourth-order valence-electron chi connectivity index (χ4n) is 3.20. The quantitative estimate of drug-likeness (QED) is 0.862. The first-order valence-corrected chi connectivity index (χ1v) is 8.86. The van der Waals surface area contributed by atoms with Crippen LogP contribution in [0.4, 0.5) is 0 Å². The summed E-state index contributed by atoms with van der Waals surface area (Å²) >= 11 is 12.1. The Morgan fingerprint density at radius 2 is 2.08 bits per heavy atom. The van der Waals surface area contributed by atoms with Crippen molar-refractivity contribution in [3.05, 3.63) is 50.8 Å². The number of carbonyl (C=O) groups excluding carboxylic acids is 1. The number of ether oxygens (including phenoxy) is 1. The average Bonchev–Trinajstić information content (AvgIpc) is 3.21. The van der Waals surface area contributed by atoms with Gasteiger partial charge in [0.15, 0.2) is 5.69 Å². The molecule has 0 radical (unpaired) electrons. The first-order chi connectivity index (χ1) is 12.0. The van der Waals surface area contributed by atoms with E-state index in [9.17, 15) is 4.79 Å². The monoisotopic (exact) mass is 378 g/mol. The highest BCUT2D eigenvalue weighted by Gasteiger charge is 2.36. The molecule has 25 heavy (non-hydrogen) atoms. The molecule has 2 aliphatic rings. The Bertz CT molecular complexity index is 878. The van der Waals surface area contributed by atoms with E-state index in [0.29, 0.717) is 27.2 Å². The summed E-state index contributed by atoms with van der Waals surface area (Å²) in [6.07, 6.45) is 3.48. The van der Waals surface area contributed by atoms with Gasteiger partial charge in [-0.2, -0.15) is 10.1 Å². The minimum Gasteiger partial charge on any atom is -0.445 e. The number of hydrogen-bond acceptors (Lipinski definition) is 4. The Morgan fingerprint density at radius 3 is 2.84 bits per heavy atom. The van der Waals surface area contributed by atoms with Crippen molar-refractivity contribution < 1.29 is 9.53 Å². The summed E-state index contributed by atoms with van der Waals surface area (Å²) in [7, 11) is 0. The smallest absolute Gasteiger partial charge is 0.262 e. The van der Waals surface area contributed by atoms with Crippen molar-refractivity contribution in [2.45, 2.75) is 38.8 Å². The second kappa shape index (κ2) is 6.35. The van der Waals surface area contributed by atoms with Crippen LogP contribution in [-0.4, -0.2) is 27.0 Å². The lowest BCUT2D eigenvalue weighted by molar-refractivity contribution is -0.135. The van der Waals surface area contributed by atoms with Gasteiger partial charge in [0.2, 0.25) is 12.1 Å². The number of fused-ring (bicyclic) bond motifs is 1. The first-order valence-electron chi connectivity index (χ1n) is 8.11. The lowest BCUT2D eigenvalue weighted by atomic mass is 9.96. The molecule has 2 heterocycles. The van der Waals surface area contributed by atoms with Crippen LogP contribution in [0.2, 0.25) is 10.0 Å². The number of H-pyrrole nitrogens is 1. The summed E-state index contributed by atoms with van der Waals surface area (Å²) in [4.78, 5) is 12.0. The topological polar surface area (TPSA) is 70.6 Å². The van der Waals surface area contributed by atoms with E-state index in [1.54, 1.807) is 18.2 Å². The molecule has 1 atom stereocenters. The van der Waals surface area contributed by atoms with Gasteiger partial charge in [-0.3, -0.25) is 9.89 Å².